The molecule has 6 rings (SSSR count). The molecule has 0 saturated heterocycles. The first-order valence-electron chi connectivity index (χ1n) is 15.5. The van der Waals surface area contributed by atoms with Gasteiger partial charge in [0.2, 0.25) is 17.3 Å². The van der Waals surface area contributed by atoms with Crippen LogP contribution in [0.25, 0.3) is 22.2 Å². The molecule has 4 aromatic heterocycles. The summed E-state index contributed by atoms with van der Waals surface area (Å²) >= 11 is 0. The third-order valence-electron chi connectivity index (χ3n) is 8.83. The van der Waals surface area contributed by atoms with Gasteiger partial charge in [-0.2, -0.15) is 0 Å². The highest BCUT2D eigenvalue weighted by Crippen LogP contribution is 2.32. The molecule has 0 bridgehead atoms. The molecule has 2 aliphatic rings. The minimum atomic E-state index is -1.16. The van der Waals surface area contributed by atoms with E-state index in [4.69, 9.17) is 8.83 Å². The Balaban J connectivity index is 0.000000212. The number of nitro groups is 1. The highest BCUT2D eigenvalue weighted by atomic mass is 16.6. The van der Waals surface area contributed by atoms with Crippen molar-refractivity contribution in [3.63, 3.8) is 0 Å². The van der Waals surface area contributed by atoms with Crippen molar-refractivity contribution >= 4 is 39.5 Å². The molecular formula is C31H38N6O11. The first kappa shape index (κ1) is 35.5. The molecule has 0 atom stereocenters. The number of hydrogen-bond acceptors (Lipinski definition) is 11. The number of rotatable bonds is 8. The Labute approximate surface area is 270 Å². The lowest BCUT2D eigenvalue weighted by Gasteiger charge is -2.13. The summed E-state index contributed by atoms with van der Waals surface area (Å²) in [7, 11) is 0. The fourth-order valence-electron chi connectivity index (χ4n) is 6.68. The number of aromatic nitrogens is 4. The van der Waals surface area contributed by atoms with Crippen molar-refractivity contribution in [1.29, 1.82) is 0 Å². The third kappa shape index (κ3) is 7.78. The van der Waals surface area contributed by atoms with Gasteiger partial charge in [-0.1, -0.05) is 58.8 Å². The van der Waals surface area contributed by atoms with Crippen molar-refractivity contribution in [1.82, 2.24) is 19.9 Å². The molecule has 5 N–H and O–H groups in total. The second-order valence-electron chi connectivity index (χ2n) is 12.0. The summed E-state index contributed by atoms with van der Waals surface area (Å²) < 4.78 is 9.78. The van der Waals surface area contributed by atoms with Crippen LogP contribution in [0.3, 0.4) is 0 Å². The summed E-state index contributed by atoms with van der Waals surface area (Å²) in [5.74, 6) is 0.544. The zero-order valence-electron chi connectivity index (χ0n) is 25.6. The van der Waals surface area contributed by atoms with E-state index in [9.17, 15) is 43.7 Å². The summed E-state index contributed by atoms with van der Waals surface area (Å²) in [4.78, 5) is 102. The number of H-pyrrole nitrogens is 4. The number of hydrogen-bond donors (Lipinski definition) is 5. The van der Waals surface area contributed by atoms with E-state index in [0.717, 1.165) is 44.9 Å². The maximum atomic E-state index is 12.2. The van der Waals surface area contributed by atoms with Crippen molar-refractivity contribution in [3.8, 4) is 0 Å². The number of carbonyl (C=O) groups excluding carboxylic acids is 1. The van der Waals surface area contributed by atoms with Gasteiger partial charge in [-0.3, -0.25) is 44.4 Å². The fourth-order valence-corrected chi connectivity index (χ4v) is 6.68. The van der Waals surface area contributed by atoms with E-state index in [-0.39, 0.29) is 47.3 Å². The Bertz CT molecular complexity index is 2190. The van der Waals surface area contributed by atoms with Crippen LogP contribution in [0.1, 0.15) is 89.7 Å². The van der Waals surface area contributed by atoms with Gasteiger partial charge in [0, 0.05) is 12.5 Å². The number of carbonyl (C=O) groups is 1. The molecule has 0 spiro atoms. The summed E-state index contributed by atoms with van der Waals surface area (Å²) in [5, 5.41) is 13.7. The van der Waals surface area contributed by atoms with E-state index in [2.05, 4.69) is 20.3 Å². The molecule has 2 saturated carbocycles. The maximum Gasteiger partial charge on any atom is 0.416 e. The number of aryl methyl sites for hydroxylation is 2. The number of nitrogens with one attached hydrogen (secondary N) is 5. The topological polar surface area (TPSA) is 264 Å². The summed E-state index contributed by atoms with van der Waals surface area (Å²) in [5.41, 5.74) is -5.73. The predicted molar refractivity (Wildman–Crippen MR) is 176 cm³/mol. The van der Waals surface area contributed by atoms with Crippen LogP contribution in [0.15, 0.2) is 37.6 Å². The summed E-state index contributed by atoms with van der Waals surface area (Å²) in [6.45, 7) is 1.28. The summed E-state index contributed by atoms with van der Waals surface area (Å²) in [6, 6.07) is 0. The van der Waals surface area contributed by atoms with Gasteiger partial charge in [0.05, 0.1) is 10.5 Å². The molecular weight excluding hydrogens is 632 g/mol. The number of aromatic amines is 4. The van der Waals surface area contributed by atoms with Crippen molar-refractivity contribution in [3.05, 3.63) is 83.8 Å². The highest BCUT2D eigenvalue weighted by Gasteiger charge is 2.28. The molecule has 0 aromatic carbocycles. The molecule has 48 heavy (non-hydrogen) atoms. The second-order valence-corrected chi connectivity index (χ2v) is 12.0. The molecule has 0 unspecified atom stereocenters. The normalized spacial score (nSPS) is 14.9. The van der Waals surface area contributed by atoms with Crippen LogP contribution in [0.2, 0.25) is 0 Å². The number of fused-ring (bicyclic) bond motifs is 2. The zero-order valence-corrected chi connectivity index (χ0v) is 25.6. The molecule has 17 nitrogen and oxygen atoms in total. The molecule has 2 fully saturated rings. The Kier molecular flexibility index (Phi) is 11.1. The van der Waals surface area contributed by atoms with E-state index in [1.807, 2.05) is 4.98 Å². The maximum absolute atomic E-state index is 12.2. The first-order valence-corrected chi connectivity index (χ1v) is 15.5. The molecule has 0 aliphatic heterocycles. The number of amides is 1. The molecule has 1 amide bonds. The van der Waals surface area contributed by atoms with E-state index in [0.29, 0.717) is 30.2 Å². The van der Waals surface area contributed by atoms with E-state index >= 15 is 0 Å². The lowest BCUT2D eigenvalue weighted by atomic mass is 9.96. The predicted octanol–water partition coefficient (Wildman–Crippen LogP) is 3.09. The highest BCUT2D eigenvalue weighted by molar-refractivity contribution is 5.92. The first-order chi connectivity index (χ1) is 22.4. The average molecular weight is 671 g/mol. The fraction of sp³-hybridized carbons (Fsp3) is 0.516. The molecule has 258 valence electrons. The zero-order chi connectivity index (χ0) is 33.8. The summed E-state index contributed by atoms with van der Waals surface area (Å²) in [6.07, 6.45) is 11.1. The van der Waals surface area contributed by atoms with Gasteiger partial charge in [-0.25, -0.2) is 19.2 Å². The Morgan fingerprint density at radius 2 is 1.19 bits per heavy atom. The van der Waals surface area contributed by atoms with Crippen LogP contribution in [0.5, 0.6) is 0 Å². The number of anilines is 1. The van der Waals surface area contributed by atoms with Gasteiger partial charge < -0.3 is 14.2 Å². The van der Waals surface area contributed by atoms with Crippen molar-refractivity contribution < 1.29 is 18.6 Å². The molecule has 4 heterocycles. The standard InChI is InChI=1S/C16H19N3O5.C14H15N3O6.CH4/c1-8(20)17-12-10(7-6-9-4-2-3-5-9)11-13(21)18-16(23)19-14(11)24-15(12)22;18-11-9-8(6-5-7-3-1-2-4-7)10(17(21)22)13(19)23-12(9)16-14(20)15-11;/h9H,2-7H2,1H3,(H,17,20)(H2,18,19,21,23);7H,1-6H2,(H2,15,16,18,20);1H4. The van der Waals surface area contributed by atoms with Gasteiger partial charge in [-0.15, -0.1) is 0 Å². The van der Waals surface area contributed by atoms with Crippen LogP contribution in [0.4, 0.5) is 11.4 Å². The van der Waals surface area contributed by atoms with E-state index in [1.165, 1.54) is 19.8 Å². The van der Waals surface area contributed by atoms with Gasteiger partial charge in [0.1, 0.15) is 16.5 Å². The van der Waals surface area contributed by atoms with Crippen LogP contribution in [-0.4, -0.2) is 30.8 Å². The van der Waals surface area contributed by atoms with Crippen molar-refractivity contribution in [2.45, 2.75) is 91.4 Å². The van der Waals surface area contributed by atoms with Gasteiger partial charge in [0.25, 0.3) is 11.1 Å². The van der Waals surface area contributed by atoms with Crippen LogP contribution in [-0.2, 0) is 17.6 Å². The Hall–Kier alpha value is -5.35. The van der Waals surface area contributed by atoms with Crippen LogP contribution in [0, 0.1) is 22.0 Å². The van der Waals surface area contributed by atoms with Gasteiger partial charge >= 0.3 is 28.3 Å². The van der Waals surface area contributed by atoms with Gasteiger partial charge in [0.15, 0.2) is 0 Å². The molecule has 0 radical (unpaired) electrons. The smallest absolute Gasteiger partial charge is 0.404 e. The van der Waals surface area contributed by atoms with Gasteiger partial charge in [-0.05, 0) is 37.5 Å². The lowest BCUT2D eigenvalue weighted by molar-refractivity contribution is -0.387. The monoisotopic (exact) mass is 670 g/mol. The van der Waals surface area contributed by atoms with Crippen LogP contribution < -0.4 is 39.1 Å². The lowest BCUT2D eigenvalue weighted by Crippen LogP contribution is -2.26. The van der Waals surface area contributed by atoms with E-state index in [1.54, 1.807) is 0 Å². The Morgan fingerprint density at radius 1 is 0.750 bits per heavy atom. The average Bonchev–Trinajstić information content (AvgIpc) is 3.70. The number of nitrogens with zero attached hydrogens (tertiary/aromatic N) is 1. The minimum absolute atomic E-state index is 0. The van der Waals surface area contributed by atoms with Crippen molar-refractivity contribution in [2.24, 2.45) is 11.8 Å². The second kappa shape index (κ2) is 15.0. The molecule has 2 aliphatic carbocycles. The SMILES string of the molecule is C.CC(=O)Nc1c(CCC2CCCC2)c2c(=O)[nH]c(=O)[nH]c2oc1=O.O=c1[nH]c(=O)c2c(CCC3CCCC3)c([N+](=O)[O-])c(=O)oc2[nH]1. The largest absolute Gasteiger partial charge is 0.416 e. The molecule has 4 aromatic rings. The molecule has 17 heteroatoms. The Morgan fingerprint density at radius 3 is 1.65 bits per heavy atom. The minimum Gasteiger partial charge on any atom is -0.404 e. The third-order valence-corrected chi connectivity index (χ3v) is 8.83. The van der Waals surface area contributed by atoms with Crippen molar-refractivity contribution in [2.75, 3.05) is 5.32 Å². The van der Waals surface area contributed by atoms with E-state index < -0.39 is 50.3 Å². The van der Waals surface area contributed by atoms with Crippen LogP contribution >= 0.6 is 0 Å². The quantitative estimate of drug-likeness (QED) is 0.134.